The molecule has 3 aliphatic rings. The number of aromatic nitrogens is 2. The van der Waals surface area contributed by atoms with Crippen LogP contribution in [0.4, 0.5) is 4.79 Å². The predicted molar refractivity (Wildman–Crippen MR) is 134 cm³/mol. The molecule has 1 amide bonds. The quantitative estimate of drug-likeness (QED) is 0.562. The maximum Gasteiger partial charge on any atom is 0.409 e. The van der Waals surface area contributed by atoms with Crippen molar-refractivity contribution >= 4 is 23.1 Å². The van der Waals surface area contributed by atoms with Gasteiger partial charge < -0.3 is 19.3 Å². The van der Waals surface area contributed by atoms with E-state index in [0.717, 1.165) is 44.0 Å². The second-order valence-electron chi connectivity index (χ2n) is 11.0. The fourth-order valence-electron chi connectivity index (χ4n) is 6.84. The Morgan fingerprint density at radius 1 is 1.11 bits per heavy atom. The van der Waals surface area contributed by atoms with Gasteiger partial charge in [0.25, 0.3) is 0 Å². The van der Waals surface area contributed by atoms with Gasteiger partial charge in [-0.15, -0.1) is 0 Å². The first-order valence-electron chi connectivity index (χ1n) is 13.5. The molecular formula is C28H39N3O4. The molecule has 7 heteroatoms. The normalized spacial score (nSPS) is 24.2. The summed E-state index contributed by atoms with van der Waals surface area (Å²) < 4.78 is 7.52. The SMILES string of the molecule is COC(=O)N1CCc2ccc3c(nc(C4CCCCC4)n3[C@@H](C)CC3CCC(C(=O)O)CC3)c2C1. The maximum absolute atomic E-state index is 12.3. The molecule has 0 radical (unpaired) electrons. The van der Waals surface area contributed by atoms with Crippen LogP contribution in [0.25, 0.3) is 11.0 Å². The van der Waals surface area contributed by atoms with Crippen LogP contribution in [0.5, 0.6) is 0 Å². The molecule has 1 aromatic carbocycles. The van der Waals surface area contributed by atoms with Gasteiger partial charge in [-0.05, 0) is 75.8 Å². The topological polar surface area (TPSA) is 84.7 Å². The molecule has 1 aromatic heterocycles. The zero-order chi connectivity index (χ0) is 24.5. The molecule has 190 valence electrons. The third-order valence-electron chi connectivity index (χ3n) is 8.81. The number of fused-ring (bicyclic) bond motifs is 3. The highest BCUT2D eigenvalue weighted by Gasteiger charge is 2.31. The number of imidazole rings is 1. The molecule has 1 N–H and O–H groups in total. The van der Waals surface area contributed by atoms with Crippen LogP contribution < -0.4 is 0 Å². The van der Waals surface area contributed by atoms with Crippen molar-refractivity contribution in [2.24, 2.45) is 11.8 Å². The Balaban J connectivity index is 1.48. The van der Waals surface area contributed by atoms with Crippen LogP contribution in [0.1, 0.15) is 100 Å². The largest absolute Gasteiger partial charge is 0.481 e. The molecule has 0 spiro atoms. The van der Waals surface area contributed by atoms with E-state index in [2.05, 4.69) is 23.6 Å². The molecule has 5 rings (SSSR count). The highest BCUT2D eigenvalue weighted by Crippen LogP contribution is 2.40. The smallest absolute Gasteiger partial charge is 0.409 e. The van der Waals surface area contributed by atoms with Crippen molar-refractivity contribution in [3.05, 3.63) is 29.1 Å². The van der Waals surface area contributed by atoms with E-state index < -0.39 is 5.97 Å². The molecule has 1 aliphatic heterocycles. The first-order chi connectivity index (χ1) is 17.0. The third-order valence-corrected chi connectivity index (χ3v) is 8.81. The molecule has 2 fully saturated rings. The highest BCUT2D eigenvalue weighted by atomic mass is 16.5. The van der Waals surface area contributed by atoms with Gasteiger partial charge in [-0.25, -0.2) is 9.78 Å². The number of carboxylic acid groups (broad SMARTS) is 1. The van der Waals surface area contributed by atoms with E-state index >= 15 is 0 Å². The average Bonchev–Trinajstić information content (AvgIpc) is 3.29. The Kier molecular flexibility index (Phi) is 7.03. The van der Waals surface area contributed by atoms with Crippen molar-refractivity contribution in [2.45, 2.75) is 96.1 Å². The van der Waals surface area contributed by atoms with Gasteiger partial charge in [0, 0.05) is 24.1 Å². The summed E-state index contributed by atoms with van der Waals surface area (Å²) in [5.41, 5.74) is 4.70. The van der Waals surface area contributed by atoms with Crippen LogP contribution in [0.3, 0.4) is 0 Å². The number of hydrogen-bond acceptors (Lipinski definition) is 4. The van der Waals surface area contributed by atoms with E-state index in [-0.39, 0.29) is 12.0 Å². The first kappa shape index (κ1) is 24.1. The van der Waals surface area contributed by atoms with Crippen molar-refractivity contribution in [1.29, 1.82) is 0 Å². The van der Waals surface area contributed by atoms with Crippen LogP contribution in [0.15, 0.2) is 12.1 Å². The zero-order valence-corrected chi connectivity index (χ0v) is 21.2. The molecule has 2 aliphatic carbocycles. The molecule has 2 aromatic rings. The van der Waals surface area contributed by atoms with Crippen molar-refractivity contribution in [3.8, 4) is 0 Å². The fraction of sp³-hybridized carbons (Fsp3) is 0.679. The summed E-state index contributed by atoms with van der Waals surface area (Å²) in [6, 6.07) is 4.79. The number of methoxy groups -OCH3 is 1. The van der Waals surface area contributed by atoms with E-state index in [4.69, 9.17) is 9.72 Å². The van der Waals surface area contributed by atoms with Crippen LogP contribution in [0.2, 0.25) is 0 Å². The van der Waals surface area contributed by atoms with Gasteiger partial charge in [0.1, 0.15) is 5.82 Å². The minimum atomic E-state index is -0.637. The number of benzene rings is 1. The van der Waals surface area contributed by atoms with Gasteiger partial charge >= 0.3 is 12.1 Å². The predicted octanol–water partition coefficient (Wildman–Crippen LogP) is 6.05. The summed E-state index contributed by atoms with van der Waals surface area (Å²) in [6.07, 6.45) is 11.4. The monoisotopic (exact) mass is 481 g/mol. The van der Waals surface area contributed by atoms with E-state index in [1.807, 2.05) is 0 Å². The summed E-state index contributed by atoms with van der Waals surface area (Å²) in [7, 11) is 1.44. The van der Waals surface area contributed by atoms with Crippen LogP contribution >= 0.6 is 0 Å². The lowest BCUT2D eigenvalue weighted by molar-refractivity contribution is -0.143. The van der Waals surface area contributed by atoms with Crippen molar-refractivity contribution in [3.63, 3.8) is 0 Å². The Labute approximate surface area is 207 Å². The molecule has 1 atom stereocenters. The minimum absolute atomic E-state index is 0.169. The van der Waals surface area contributed by atoms with E-state index in [1.165, 1.54) is 61.7 Å². The lowest BCUT2D eigenvalue weighted by Gasteiger charge is -2.31. The lowest BCUT2D eigenvalue weighted by Crippen LogP contribution is -2.35. The highest BCUT2D eigenvalue weighted by molar-refractivity contribution is 5.82. The Morgan fingerprint density at radius 2 is 1.86 bits per heavy atom. The van der Waals surface area contributed by atoms with Crippen molar-refractivity contribution in [1.82, 2.24) is 14.5 Å². The standard InChI is InChI=1S/C28H39N3O4/c1-18(16-19-8-10-22(11-9-19)27(32)33)31-24-13-12-20-14-15-30(28(34)35-2)17-23(20)25(24)29-26(31)21-6-4-3-5-7-21/h12-13,18-19,21-22H,3-11,14-17H2,1-2H3,(H,32,33)/t18-,19?,22?/m0/s1. The van der Waals surface area contributed by atoms with Crippen molar-refractivity contribution in [2.75, 3.05) is 13.7 Å². The number of carbonyl (C=O) groups excluding carboxylic acids is 1. The summed E-state index contributed by atoms with van der Waals surface area (Å²) >= 11 is 0. The number of carboxylic acids is 1. The Bertz CT molecular complexity index is 1080. The van der Waals surface area contributed by atoms with E-state index in [1.54, 1.807) is 4.90 Å². The van der Waals surface area contributed by atoms with Gasteiger partial charge in [-0.1, -0.05) is 25.3 Å². The second-order valence-corrected chi connectivity index (χ2v) is 11.0. The fourth-order valence-corrected chi connectivity index (χ4v) is 6.84. The van der Waals surface area contributed by atoms with Gasteiger partial charge in [-0.3, -0.25) is 4.79 Å². The third kappa shape index (κ3) is 4.78. The molecular weight excluding hydrogens is 442 g/mol. The number of hydrogen-bond donors (Lipinski definition) is 1. The molecule has 2 heterocycles. The zero-order valence-electron chi connectivity index (χ0n) is 21.2. The van der Waals surface area contributed by atoms with Gasteiger partial charge in [0.2, 0.25) is 0 Å². The number of nitrogens with zero attached hydrogens (tertiary/aromatic N) is 3. The molecule has 2 saturated carbocycles. The van der Waals surface area contributed by atoms with E-state index in [0.29, 0.717) is 31.0 Å². The summed E-state index contributed by atoms with van der Waals surface area (Å²) in [5.74, 6) is 1.46. The van der Waals surface area contributed by atoms with Gasteiger partial charge in [-0.2, -0.15) is 0 Å². The number of ether oxygens (including phenoxy) is 1. The molecule has 7 nitrogen and oxygen atoms in total. The first-order valence-corrected chi connectivity index (χ1v) is 13.5. The molecule has 0 unspecified atom stereocenters. The summed E-state index contributed by atoms with van der Waals surface area (Å²) in [4.78, 5) is 30.8. The molecule has 0 bridgehead atoms. The Morgan fingerprint density at radius 3 is 2.54 bits per heavy atom. The average molecular weight is 482 g/mol. The van der Waals surface area contributed by atoms with E-state index in [9.17, 15) is 14.7 Å². The number of rotatable bonds is 5. The maximum atomic E-state index is 12.3. The summed E-state index contributed by atoms with van der Waals surface area (Å²) in [5, 5.41) is 9.38. The minimum Gasteiger partial charge on any atom is -0.481 e. The number of amides is 1. The van der Waals surface area contributed by atoms with Crippen LogP contribution in [-0.2, 0) is 22.5 Å². The summed E-state index contributed by atoms with van der Waals surface area (Å²) in [6.45, 7) is 3.54. The van der Waals surface area contributed by atoms with Crippen molar-refractivity contribution < 1.29 is 19.4 Å². The van der Waals surface area contributed by atoms with Gasteiger partial charge in [0.05, 0.1) is 30.6 Å². The lowest BCUT2D eigenvalue weighted by atomic mass is 9.79. The second kappa shape index (κ2) is 10.2. The van der Waals surface area contributed by atoms with Crippen LogP contribution in [-0.4, -0.2) is 45.3 Å². The van der Waals surface area contributed by atoms with Crippen LogP contribution in [0, 0.1) is 11.8 Å². The number of aliphatic carboxylic acids is 1. The van der Waals surface area contributed by atoms with Gasteiger partial charge in [0.15, 0.2) is 0 Å². The molecule has 0 saturated heterocycles. The Hall–Kier alpha value is -2.57. The number of carbonyl (C=O) groups is 2. The molecule has 35 heavy (non-hydrogen) atoms.